The lowest BCUT2D eigenvalue weighted by atomic mass is 10.1. The van der Waals surface area contributed by atoms with Crippen LogP contribution < -0.4 is 10.1 Å². The summed E-state index contributed by atoms with van der Waals surface area (Å²) in [5.74, 6) is 0.825. The number of nitro benzene ring substituents is 1. The highest BCUT2D eigenvalue weighted by molar-refractivity contribution is 5.57. The second-order valence-corrected chi connectivity index (χ2v) is 6.66. The molecule has 1 N–H and O–H groups in total. The smallest absolute Gasteiger partial charge is 0.269 e. The van der Waals surface area contributed by atoms with Gasteiger partial charge in [-0.05, 0) is 55.0 Å². The van der Waals surface area contributed by atoms with Crippen LogP contribution in [0.5, 0.6) is 5.75 Å². The van der Waals surface area contributed by atoms with Crippen molar-refractivity contribution >= 4 is 22.7 Å². The average molecular weight is 420 g/mol. The molecule has 0 saturated carbocycles. The van der Waals surface area contributed by atoms with E-state index in [-0.39, 0.29) is 5.69 Å². The van der Waals surface area contributed by atoms with Crippen molar-refractivity contribution in [1.82, 2.24) is 0 Å². The van der Waals surface area contributed by atoms with Gasteiger partial charge < -0.3 is 14.8 Å². The molecule has 3 aromatic rings. The average Bonchev–Trinajstić information content (AvgIpc) is 2.81. The molecule has 0 aromatic heterocycles. The summed E-state index contributed by atoms with van der Waals surface area (Å²) < 4.78 is 10.8. The van der Waals surface area contributed by atoms with Crippen molar-refractivity contribution in [2.24, 2.45) is 10.2 Å². The molecule has 160 valence electrons. The van der Waals surface area contributed by atoms with Crippen molar-refractivity contribution in [2.75, 3.05) is 19.0 Å². The normalized spacial score (nSPS) is 10.9. The second-order valence-electron chi connectivity index (χ2n) is 6.66. The van der Waals surface area contributed by atoms with Gasteiger partial charge in [0, 0.05) is 36.5 Å². The third kappa shape index (κ3) is 6.35. The maximum Gasteiger partial charge on any atom is 0.269 e. The lowest BCUT2D eigenvalue weighted by Crippen LogP contribution is -2.01. The van der Waals surface area contributed by atoms with Gasteiger partial charge in [0.15, 0.2) is 0 Å². The van der Waals surface area contributed by atoms with E-state index in [0.29, 0.717) is 31.1 Å². The number of methoxy groups -OCH3 is 1. The SMILES string of the molecule is CCOCc1cc(NCc2ccc(OC)cc2)ccc1N=Nc1ccc([N+](=O)[O-])cc1. The van der Waals surface area contributed by atoms with Crippen LogP contribution in [0, 0.1) is 10.1 Å². The van der Waals surface area contributed by atoms with E-state index in [1.54, 1.807) is 19.2 Å². The molecule has 0 heterocycles. The summed E-state index contributed by atoms with van der Waals surface area (Å²) in [4.78, 5) is 10.3. The highest BCUT2D eigenvalue weighted by atomic mass is 16.6. The molecule has 0 aliphatic rings. The quantitative estimate of drug-likeness (QED) is 0.240. The zero-order chi connectivity index (χ0) is 22.1. The number of anilines is 1. The first-order chi connectivity index (χ1) is 15.1. The van der Waals surface area contributed by atoms with Gasteiger partial charge in [0.05, 0.1) is 30.0 Å². The Morgan fingerprint density at radius 3 is 2.39 bits per heavy atom. The Labute approximate surface area is 180 Å². The summed E-state index contributed by atoms with van der Waals surface area (Å²) in [5.41, 5.74) is 4.21. The number of nitro groups is 1. The van der Waals surface area contributed by atoms with Crippen LogP contribution in [0.1, 0.15) is 18.1 Å². The lowest BCUT2D eigenvalue weighted by Gasteiger charge is -2.11. The van der Waals surface area contributed by atoms with E-state index in [2.05, 4.69) is 15.5 Å². The van der Waals surface area contributed by atoms with Gasteiger partial charge in [0.25, 0.3) is 5.69 Å². The van der Waals surface area contributed by atoms with Gasteiger partial charge in [-0.1, -0.05) is 12.1 Å². The number of benzene rings is 3. The van der Waals surface area contributed by atoms with E-state index in [0.717, 1.165) is 22.6 Å². The highest BCUT2D eigenvalue weighted by Crippen LogP contribution is 2.27. The predicted molar refractivity (Wildman–Crippen MR) is 119 cm³/mol. The molecule has 0 unspecified atom stereocenters. The third-order valence-corrected chi connectivity index (χ3v) is 4.53. The Kier molecular flexibility index (Phi) is 7.67. The summed E-state index contributed by atoms with van der Waals surface area (Å²) in [5, 5.41) is 22.7. The van der Waals surface area contributed by atoms with E-state index in [9.17, 15) is 10.1 Å². The molecule has 0 fully saturated rings. The first-order valence-electron chi connectivity index (χ1n) is 9.82. The Morgan fingerprint density at radius 1 is 1.00 bits per heavy atom. The van der Waals surface area contributed by atoms with Crippen LogP contribution in [-0.4, -0.2) is 18.6 Å². The topological polar surface area (TPSA) is 98.3 Å². The standard InChI is InChI=1S/C23H24N4O4/c1-3-31-16-18-14-20(24-15-17-4-11-22(30-2)12-5-17)8-13-23(18)26-25-19-6-9-21(10-7-19)27(28)29/h4-14,24H,3,15-16H2,1-2H3. The maximum absolute atomic E-state index is 10.8. The van der Waals surface area contributed by atoms with Crippen LogP contribution in [0.25, 0.3) is 0 Å². The van der Waals surface area contributed by atoms with Crippen LogP contribution in [0.2, 0.25) is 0 Å². The van der Waals surface area contributed by atoms with E-state index < -0.39 is 4.92 Å². The van der Waals surface area contributed by atoms with Gasteiger partial charge in [-0.3, -0.25) is 10.1 Å². The van der Waals surface area contributed by atoms with Gasteiger partial charge in [0.1, 0.15) is 5.75 Å². The molecular formula is C23H24N4O4. The molecule has 8 nitrogen and oxygen atoms in total. The minimum atomic E-state index is -0.446. The molecular weight excluding hydrogens is 396 g/mol. The van der Waals surface area contributed by atoms with Crippen molar-refractivity contribution in [3.63, 3.8) is 0 Å². The number of rotatable bonds is 10. The molecule has 0 saturated heterocycles. The number of ether oxygens (including phenoxy) is 2. The Balaban J connectivity index is 1.72. The number of hydrogen-bond donors (Lipinski definition) is 1. The Bertz CT molecular complexity index is 1030. The third-order valence-electron chi connectivity index (χ3n) is 4.53. The molecule has 0 aliphatic heterocycles. The van der Waals surface area contributed by atoms with Gasteiger partial charge in [0.2, 0.25) is 0 Å². The van der Waals surface area contributed by atoms with E-state index >= 15 is 0 Å². The van der Waals surface area contributed by atoms with Gasteiger partial charge in [-0.2, -0.15) is 10.2 Å². The van der Waals surface area contributed by atoms with Gasteiger partial charge in [-0.15, -0.1) is 0 Å². The van der Waals surface area contributed by atoms with Crippen molar-refractivity contribution in [1.29, 1.82) is 0 Å². The Hall–Kier alpha value is -3.78. The van der Waals surface area contributed by atoms with E-state index in [1.807, 2.05) is 49.4 Å². The first-order valence-corrected chi connectivity index (χ1v) is 9.82. The molecule has 0 bridgehead atoms. The predicted octanol–water partition coefficient (Wildman–Crippen LogP) is 6.17. The Morgan fingerprint density at radius 2 is 1.74 bits per heavy atom. The largest absolute Gasteiger partial charge is 0.497 e. The molecule has 0 radical (unpaired) electrons. The lowest BCUT2D eigenvalue weighted by molar-refractivity contribution is -0.384. The minimum absolute atomic E-state index is 0.0169. The summed E-state index contributed by atoms with van der Waals surface area (Å²) in [6.07, 6.45) is 0. The van der Waals surface area contributed by atoms with Crippen molar-refractivity contribution in [2.45, 2.75) is 20.1 Å². The number of azo groups is 1. The van der Waals surface area contributed by atoms with Crippen molar-refractivity contribution < 1.29 is 14.4 Å². The summed E-state index contributed by atoms with van der Waals surface area (Å²) in [6.45, 7) is 3.59. The molecule has 8 heteroatoms. The zero-order valence-electron chi connectivity index (χ0n) is 17.4. The number of hydrogen-bond acceptors (Lipinski definition) is 7. The fourth-order valence-corrected chi connectivity index (χ4v) is 2.82. The summed E-state index contributed by atoms with van der Waals surface area (Å²) >= 11 is 0. The highest BCUT2D eigenvalue weighted by Gasteiger charge is 2.06. The second kappa shape index (κ2) is 10.8. The monoisotopic (exact) mass is 420 g/mol. The fourth-order valence-electron chi connectivity index (χ4n) is 2.82. The van der Waals surface area contributed by atoms with Crippen LogP contribution >= 0.6 is 0 Å². The van der Waals surface area contributed by atoms with E-state index in [1.165, 1.54) is 12.1 Å². The van der Waals surface area contributed by atoms with Crippen LogP contribution in [0.3, 0.4) is 0 Å². The molecule has 0 atom stereocenters. The number of nitrogens with one attached hydrogen (secondary N) is 1. The number of nitrogens with zero attached hydrogens (tertiary/aromatic N) is 3. The maximum atomic E-state index is 10.8. The molecule has 3 rings (SSSR count). The van der Waals surface area contributed by atoms with Crippen LogP contribution in [-0.2, 0) is 17.9 Å². The van der Waals surface area contributed by atoms with E-state index in [4.69, 9.17) is 9.47 Å². The molecule has 0 spiro atoms. The molecule has 0 aliphatic carbocycles. The van der Waals surface area contributed by atoms with Gasteiger partial charge in [-0.25, -0.2) is 0 Å². The van der Waals surface area contributed by atoms with Crippen LogP contribution in [0.15, 0.2) is 77.0 Å². The van der Waals surface area contributed by atoms with Crippen molar-refractivity contribution in [3.05, 3.63) is 88.0 Å². The molecule has 0 amide bonds. The molecule has 31 heavy (non-hydrogen) atoms. The minimum Gasteiger partial charge on any atom is -0.497 e. The first kappa shape index (κ1) is 21.9. The fraction of sp³-hybridized carbons (Fsp3) is 0.217. The molecule has 3 aromatic carbocycles. The number of non-ortho nitro benzene ring substituents is 1. The summed E-state index contributed by atoms with van der Waals surface area (Å²) in [6, 6.07) is 19.6. The van der Waals surface area contributed by atoms with Crippen molar-refractivity contribution in [3.8, 4) is 5.75 Å². The van der Waals surface area contributed by atoms with Gasteiger partial charge >= 0.3 is 0 Å². The zero-order valence-corrected chi connectivity index (χ0v) is 17.4. The van der Waals surface area contributed by atoms with Crippen LogP contribution in [0.4, 0.5) is 22.7 Å². The summed E-state index contributed by atoms with van der Waals surface area (Å²) in [7, 11) is 1.65.